The topological polar surface area (TPSA) is 54.5 Å². The summed E-state index contributed by atoms with van der Waals surface area (Å²) < 4.78 is 0. The zero-order valence-corrected chi connectivity index (χ0v) is 14.0. The van der Waals surface area contributed by atoms with E-state index in [0.717, 1.165) is 0 Å². The van der Waals surface area contributed by atoms with Crippen LogP contribution in [-0.2, 0) is 9.59 Å². The Balaban J connectivity index is 2.22. The number of Topliss-reactive ketones (excluding diaryl/α,β-unsaturated/α-hetero) is 2. The van der Waals surface area contributed by atoms with Gasteiger partial charge in [0, 0.05) is 32.0 Å². The molecule has 5 heteroatoms. The molecule has 0 atom stereocenters. The summed E-state index contributed by atoms with van der Waals surface area (Å²) in [4.78, 5) is 36.6. The number of thioether (sulfide) groups is 1. The van der Waals surface area contributed by atoms with Gasteiger partial charge >= 0.3 is 0 Å². The summed E-state index contributed by atoms with van der Waals surface area (Å²) >= 11 is 1.38. The molecule has 0 fully saturated rings. The Labute approximate surface area is 136 Å². The second kappa shape index (κ2) is 10.2. The fourth-order valence-electron chi connectivity index (χ4n) is 1.87. The first-order valence-electron chi connectivity index (χ1n) is 7.46. The molecular weight excluding hydrogens is 298 g/mol. The second-order valence-corrected chi connectivity index (χ2v) is 6.11. The average Bonchev–Trinajstić information content (AvgIpc) is 2.54. The molecule has 0 aromatic heterocycles. The first-order chi connectivity index (χ1) is 10.5. The van der Waals surface area contributed by atoms with Crippen LogP contribution >= 0.6 is 11.8 Å². The Morgan fingerprint density at radius 2 is 1.68 bits per heavy atom. The van der Waals surface area contributed by atoms with Gasteiger partial charge in [-0.05, 0) is 18.6 Å². The van der Waals surface area contributed by atoms with Crippen LogP contribution in [0.5, 0.6) is 0 Å². The van der Waals surface area contributed by atoms with Gasteiger partial charge in [-0.3, -0.25) is 14.4 Å². The maximum atomic E-state index is 12.1. The van der Waals surface area contributed by atoms with Crippen LogP contribution in [0.3, 0.4) is 0 Å². The lowest BCUT2D eigenvalue weighted by molar-refractivity contribution is -0.116. The number of hydrogen-bond donors (Lipinski definition) is 0. The normalized spacial score (nSPS) is 10.3. The maximum absolute atomic E-state index is 12.1. The predicted octanol–water partition coefficient (Wildman–Crippen LogP) is 2.82. The van der Waals surface area contributed by atoms with Crippen molar-refractivity contribution in [1.82, 2.24) is 4.90 Å². The molecule has 0 unspecified atom stereocenters. The number of amides is 1. The fourth-order valence-corrected chi connectivity index (χ4v) is 2.77. The largest absolute Gasteiger partial charge is 0.342 e. The SMILES string of the molecule is CCC(=O)CSCC(=O)CCCN(C)C(=O)c1ccccc1. The molecule has 1 rings (SSSR count). The summed E-state index contributed by atoms with van der Waals surface area (Å²) in [5.74, 6) is 1.06. The van der Waals surface area contributed by atoms with Crippen LogP contribution in [0.25, 0.3) is 0 Å². The summed E-state index contributed by atoms with van der Waals surface area (Å²) in [6.45, 7) is 2.38. The van der Waals surface area contributed by atoms with Gasteiger partial charge in [0.25, 0.3) is 5.91 Å². The minimum Gasteiger partial charge on any atom is -0.342 e. The summed E-state index contributed by atoms with van der Waals surface area (Å²) in [7, 11) is 1.74. The van der Waals surface area contributed by atoms with Gasteiger partial charge in [0.1, 0.15) is 11.6 Å². The van der Waals surface area contributed by atoms with Gasteiger partial charge in [-0.25, -0.2) is 0 Å². The van der Waals surface area contributed by atoms with E-state index in [4.69, 9.17) is 0 Å². The number of ketones is 2. The number of hydrogen-bond acceptors (Lipinski definition) is 4. The third-order valence-corrected chi connectivity index (χ3v) is 4.29. The Kier molecular flexibility index (Phi) is 8.51. The van der Waals surface area contributed by atoms with Crippen molar-refractivity contribution in [3.8, 4) is 0 Å². The Bertz CT molecular complexity index is 502. The number of benzene rings is 1. The van der Waals surface area contributed by atoms with E-state index < -0.39 is 0 Å². The maximum Gasteiger partial charge on any atom is 0.253 e. The van der Waals surface area contributed by atoms with E-state index in [2.05, 4.69) is 0 Å². The molecule has 0 bridgehead atoms. The highest BCUT2D eigenvalue weighted by atomic mass is 32.2. The van der Waals surface area contributed by atoms with Gasteiger partial charge in [0.2, 0.25) is 0 Å². The molecule has 0 spiro atoms. The predicted molar refractivity (Wildman–Crippen MR) is 90.3 cm³/mol. The van der Waals surface area contributed by atoms with Crippen molar-refractivity contribution in [2.45, 2.75) is 26.2 Å². The first-order valence-corrected chi connectivity index (χ1v) is 8.61. The molecule has 0 N–H and O–H groups in total. The molecule has 0 radical (unpaired) electrons. The molecule has 0 aliphatic heterocycles. The minimum absolute atomic E-state index is 0.0315. The standard InChI is InChI=1S/C17H23NO3S/c1-3-15(19)12-22-13-16(20)10-7-11-18(2)17(21)14-8-5-4-6-9-14/h4-6,8-9H,3,7,10-13H2,1-2H3. The van der Waals surface area contributed by atoms with Gasteiger partial charge in [0.05, 0.1) is 11.5 Å². The van der Waals surface area contributed by atoms with E-state index in [1.54, 1.807) is 24.1 Å². The molecule has 0 aliphatic rings. The zero-order chi connectivity index (χ0) is 16.4. The Morgan fingerprint density at radius 1 is 1.05 bits per heavy atom. The summed E-state index contributed by atoms with van der Waals surface area (Å²) in [6, 6.07) is 9.10. The molecule has 1 aromatic rings. The van der Waals surface area contributed by atoms with Crippen molar-refractivity contribution in [1.29, 1.82) is 0 Å². The monoisotopic (exact) mass is 321 g/mol. The van der Waals surface area contributed by atoms with Crippen molar-refractivity contribution in [2.75, 3.05) is 25.1 Å². The van der Waals surface area contributed by atoms with Crippen molar-refractivity contribution in [3.05, 3.63) is 35.9 Å². The molecule has 4 nitrogen and oxygen atoms in total. The van der Waals surface area contributed by atoms with Crippen LogP contribution in [-0.4, -0.2) is 47.5 Å². The lowest BCUT2D eigenvalue weighted by Gasteiger charge is -2.16. The van der Waals surface area contributed by atoms with E-state index in [1.807, 2.05) is 25.1 Å². The number of carbonyl (C=O) groups excluding carboxylic acids is 3. The first kappa shape index (κ1) is 18.4. The lowest BCUT2D eigenvalue weighted by Crippen LogP contribution is -2.28. The van der Waals surface area contributed by atoms with Crippen molar-refractivity contribution in [2.24, 2.45) is 0 Å². The highest BCUT2D eigenvalue weighted by molar-refractivity contribution is 8.00. The Morgan fingerprint density at radius 3 is 2.32 bits per heavy atom. The molecule has 1 amide bonds. The van der Waals surface area contributed by atoms with Gasteiger partial charge < -0.3 is 4.90 Å². The van der Waals surface area contributed by atoms with Gasteiger partial charge in [-0.15, -0.1) is 11.8 Å². The van der Waals surface area contributed by atoms with E-state index in [1.165, 1.54) is 11.8 Å². The Hall–Kier alpha value is -1.62. The van der Waals surface area contributed by atoms with Gasteiger partial charge in [0.15, 0.2) is 0 Å². The molecule has 0 aliphatic carbocycles. The molecule has 0 saturated carbocycles. The smallest absolute Gasteiger partial charge is 0.253 e. The van der Waals surface area contributed by atoms with Crippen molar-refractivity contribution >= 4 is 29.2 Å². The van der Waals surface area contributed by atoms with Crippen LogP contribution in [0.1, 0.15) is 36.5 Å². The molecule has 22 heavy (non-hydrogen) atoms. The van der Waals surface area contributed by atoms with Gasteiger partial charge in [-0.2, -0.15) is 0 Å². The van der Waals surface area contributed by atoms with Crippen LogP contribution in [0, 0.1) is 0 Å². The van der Waals surface area contributed by atoms with Crippen LogP contribution < -0.4 is 0 Å². The van der Waals surface area contributed by atoms with E-state index in [0.29, 0.717) is 42.9 Å². The van der Waals surface area contributed by atoms with Crippen molar-refractivity contribution < 1.29 is 14.4 Å². The lowest BCUT2D eigenvalue weighted by atomic mass is 10.2. The third kappa shape index (κ3) is 6.89. The van der Waals surface area contributed by atoms with Crippen LogP contribution in [0.15, 0.2) is 30.3 Å². The van der Waals surface area contributed by atoms with Gasteiger partial charge in [-0.1, -0.05) is 25.1 Å². The molecule has 120 valence electrons. The fraction of sp³-hybridized carbons (Fsp3) is 0.471. The molecule has 1 aromatic carbocycles. The highest BCUT2D eigenvalue weighted by Crippen LogP contribution is 2.07. The average molecular weight is 321 g/mol. The quantitative estimate of drug-likeness (QED) is 0.665. The molecular formula is C17H23NO3S. The number of rotatable bonds is 10. The van der Waals surface area contributed by atoms with Crippen LogP contribution in [0.2, 0.25) is 0 Å². The van der Waals surface area contributed by atoms with Crippen LogP contribution in [0.4, 0.5) is 0 Å². The zero-order valence-electron chi connectivity index (χ0n) is 13.2. The molecule has 0 saturated heterocycles. The van der Waals surface area contributed by atoms with E-state index in [-0.39, 0.29) is 17.5 Å². The highest BCUT2D eigenvalue weighted by Gasteiger charge is 2.11. The minimum atomic E-state index is -0.0315. The van der Waals surface area contributed by atoms with Crippen molar-refractivity contribution in [3.63, 3.8) is 0 Å². The molecule has 0 heterocycles. The summed E-state index contributed by atoms with van der Waals surface area (Å²) in [5.41, 5.74) is 0.657. The van der Waals surface area contributed by atoms with E-state index in [9.17, 15) is 14.4 Å². The summed E-state index contributed by atoms with van der Waals surface area (Å²) in [5, 5.41) is 0. The second-order valence-electron chi connectivity index (χ2n) is 5.12. The van der Waals surface area contributed by atoms with E-state index >= 15 is 0 Å². The summed E-state index contributed by atoms with van der Waals surface area (Å²) in [6.07, 6.45) is 1.61. The third-order valence-electron chi connectivity index (χ3n) is 3.24. The number of carbonyl (C=O) groups is 3. The number of nitrogens with zero attached hydrogens (tertiary/aromatic N) is 1.